The first-order valence-corrected chi connectivity index (χ1v) is 11.5. The predicted octanol–water partition coefficient (Wildman–Crippen LogP) is 4.06. The van der Waals surface area contributed by atoms with E-state index < -0.39 is 0 Å². The minimum absolute atomic E-state index is 0.0458. The monoisotopic (exact) mass is 435 g/mol. The van der Waals surface area contributed by atoms with Crippen LogP contribution in [0.15, 0.2) is 47.8 Å². The van der Waals surface area contributed by atoms with Gasteiger partial charge in [0.15, 0.2) is 11.5 Å². The Bertz CT molecular complexity index is 1070. The number of carbonyl (C=O) groups is 1. The number of rotatable bonds is 5. The van der Waals surface area contributed by atoms with E-state index in [0.29, 0.717) is 30.2 Å². The Morgan fingerprint density at radius 2 is 1.81 bits per heavy atom. The number of piperazine rings is 1. The molecule has 3 heterocycles. The van der Waals surface area contributed by atoms with Gasteiger partial charge in [-0.3, -0.25) is 9.69 Å². The summed E-state index contributed by atoms with van der Waals surface area (Å²) in [5.41, 5.74) is 4.26. The molecule has 1 amide bonds. The topological polar surface area (TPSA) is 54.9 Å². The third-order valence-corrected chi connectivity index (χ3v) is 6.77. The summed E-state index contributed by atoms with van der Waals surface area (Å²) in [5.74, 6) is 1.39. The maximum absolute atomic E-state index is 12.9. The minimum Gasteiger partial charge on any atom is -0.454 e. The number of benzene rings is 2. The van der Waals surface area contributed by atoms with Crippen molar-refractivity contribution in [3.63, 3.8) is 0 Å². The Morgan fingerprint density at radius 3 is 2.58 bits per heavy atom. The molecule has 2 aromatic carbocycles. The fraction of sp³-hybridized carbons (Fsp3) is 0.333. The van der Waals surface area contributed by atoms with E-state index in [-0.39, 0.29) is 12.7 Å². The number of amides is 1. The second kappa shape index (κ2) is 8.69. The summed E-state index contributed by atoms with van der Waals surface area (Å²) in [7, 11) is 0. The number of carbonyl (C=O) groups excluding carboxylic acids is 1. The normalized spacial score (nSPS) is 16.0. The second-order valence-electron chi connectivity index (χ2n) is 7.83. The van der Waals surface area contributed by atoms with Crippen molar-refractivity contribution in [2.75, 3.05) is 33.0 Å². The summed E-state index contributed by atoms with van der Waals surface area (Å²) in [6, 6.07) is 14.1. The molecule has 3 aromatic rings. The van der Waals surface area contributed by atoms with E-state index in [2.05, 4.69) is 41.5 Å². The van der Waals surface area contributed by atoms with Crippen molar-refractivity contribution in [1.82, 2.24) is 14.8 Å². The second-order valence-corrected chi connectivity index (χ2v) is 8.69. The van der Waals surface area contributed by atoms with Crippen molar-refractivity contribution in [2.45, 2.75) is 19.9 Å². The molecule has 0 saturated carbocycles. The molecule has 1 aromatic heterocycles. The molecule has 5 rings (SSSR count). The molecular formula is C24H25N3O3S. The third kappa shape index (κ3) is 4.29. The molecule has 0 bridgehead atoms. The van der Waals surface area contributed by atoms with E-state index in [9.17, 15) is 4.79 Å². The van der Waals surface area contributed by atoms with Crippen molar-refractivity contribution < 1.29 is 14.3 Å². The van der Waals surface area contributed by atoms with Crippen LogP contribution in [0.5, 0.6) is 11.5 Å². The van der Waals surface area contributed by atoms with Crippen LogP contribution in [-0.4, -0.2) is 53.7 Å². The maximum Gasteiger partial charge on any atom is 0.254 e. The Morgan fingerprint density at radius 1 is 1.03 bits per heavy atom. The van der Waals surface area contributed by atoms with E-state index in [1.165, 1.54) is 11.1 Å². The quantitative estimate of drug-likeness (QED) is 0.605. The van der Waals surface area contributed by atoms with Gasteiger partial charge in [0, 0.05) is 49.2 Å². The van der Waals surface area contributed by atoms with Crippen LogP contribution in [0, 0.1) is 0 Å². The lowest BCUT2D eigenvalue weighted by Gasteiger charge is -2.34. The molecule has 1 saturated heterocycles. The van der Waals surface area contributed by atoms with Gasteiger partial charge in [-0.05, 0) is 30.2 Å². The summed E-state index contributed by atoms with van der Waals surface area (Å²) in [6.45, 7) is 6.30. The number of ether oxygens (including phenoxy) is 2. The third-order valence-electron chi connectivity index (χ3n) is 5.83. The SMILES string of the molecule is CCc1ccc(-c2nc(CN3CCN(C(=O)c4ccc5c(c4)OCO5)CC3)cs2)cc1. The molecule has 2 aliphatic rings. The average Bonchev–Trinajstić information content (AvgIpc) is 3.48. The summed E-state index contributed by atoms with van der Waals surface area (Å²) in [6.07, 6.45) is 1.05. The molecule has 0 N–H and O–H groups in total. The molecule has 7 heteroatoms. The molecule has 0 spiro atoms. The number of hydrogen-bond donors (Lipinski definition) is 0. The number of fused-ring (bicyclic) bond motifs is 1. The number of nitrogens with zero attached hydrogens (tertiary/aromatic N) is 3. The highest BCUT2D eigenvalue weighted by molar-refractivity contribution is 7.13. The van der Waals surface area contributed by atoms with Gasteiger partial charge in [0.1, 0.15) is 5.01 Å². The first-order chi connectivity index (χ1) is 15.2. The zero-order valence-corrected chi connectivity index (χ0v) is 18.4. The van der Waals surface area contributed by atoms with Crippen LogP contribution >= 0.6 is 11.3 Å². The average molecular weight is 436 g/mol. The first kappa shape index (κ1) is 20.0. The van der Waals surface area contributed by atoms with Gasteiger partial charge in [-0.2, -0.15) is 0 Å². The Hall–Kier alpha value is -2.90. The standard InChI is InChI=1S/C24H25N3O3S/c1-2-17-3-5-18(6-4-17)23-25-20(15-31-23)14-26-9-11-27(12-10-26)24(28)19-7-8-21-22(13-19)30-16-29-21/h3-8,13,15H,2,9-12,14,16H2,1H3. The molecule has 0 radical (unpaired) electrons. The van der Waals surface area contributed by atoms with Gasteiger partial charge in [-0.15, -0.1) is 11.3 Å². The molecule has 0 atom stereocenters. The molecular weight excluding hydrogens is 410 g/mol. The molecule has 0 unspecified atom stereocenters. The fourth-order valence-electron chi connectivity index (χ4n) is 3.95. The summed E-state index contributed by atoms with van der Waals surface area (Å²) >= 11 is 1.69. The fourth-order valence-corrected chi connectivity index (χ4v) is 4.76. The molecule has 0 aliphatic carbocycles. The highest BCUT2D eigenvalue weighted by atomic mass is 32.1. The van der Waals surface area contributed by atoms with E-state index in [1.54, 1.807) is 23.5 Å². The van der Waals surface area contributed by atoms with Crippen LogP contribution in [0.4, 0.5) is 0 Å². The zero-order valence-electron chi connectivity index (χ0n) is 17.5. The number of aryl methyl sites for hydroxylation is 1. The molecule has 2 aliphatic heterocycles. The van der Waals surface area contributed by atoms with Gasteiger partial charge in [-0.25, -0.2) is 4.98 Å². The maximum atomic E-state index is 12.9. The van der Waals surface area contributed by atoms with Crippen molar-refractivity contribution >= 4 is 17.2 Å². The van der Waals surface area contributed by atoms with Gasteiger partial charge in [-0.1, -0.05) is 31.2 Å². The van der Waals surface area contributed by atoms with Crippen LogP contribution < -0.4 is 9.47 Å². The number of hydrogen-bond acceptors (Lipinski definition) is 6. The Labute approximate surface area is 186 Å². The van der Waals surface area contributed by atoms with Crippen LogP contribution in [0.2, 0.25) is 0 Å². The zero-order chi connectivity index (χ0) is 21.2. The lowest BCUT2D eigenvalue weighted by molar-refractivity contribution is 0.0627. The molecule has 6 nitrogen and oxygen atoms in total. The van der Waals surface area contributed by atoms with Crippen molar-refractivity contribution in [3.8, 4) is 22.1 Å². The van der Waals surface area contributed by atoms with Gasteiger partial charge in [0.2, 0.25) is 6.79 Å². The van der Waals surface area contributed by atoms with E-state index in [1.807, 2.05) is 11.0 Å². The molecule has 1 fully saturated rings. The molecule has 160 valence electrons. The van der Waals surface area contributed by atoms with Crippen LogP contribution in [0.25, 0.3) is 10.6 Å². The Balaban J connectivity index is 1.17. The predicted molar refractivity (Wildman–Crippen MR) is 121 cm³/mol. The summed E-state index contributed by atoms with van der Waals surface area (Å²) in [5, 5.41) is 3.21. The lowest BCUT2D eigenvalue weighted by atomic mass is 10.1. The van der Waals surface area contributed by atoms with Gasteiger partial charge in [0.05, 0.1) is 5.69 Å². The van der Waals surface area contributed by atoms with Crippen LogP contribution in [-0.2, 0) is 13.0 Å². The minimum atomic E-state index is 0.0458. The number of aromatic nitrogens is 1. The van der Waals surface area contributed by atoms with Crippen LogP contribution in [0.1, 0.15) is 28.5 Å². The molecule has 31 heavy (non-hydrogen) atoms. The highest BCUT2D eigenvalue weighted by Gasteiger charge is 2.24. The Kier molecular flexibility index (Phi) is 5.61. The van der Waals surface area contributed by atoms with Crippen molar-refractivity contribution in [2.24, 2.45) is 0 Å². The lowest BCUT2D eigenvalue weighted by Crippen LogP contribution is -2.48. The van der Waals surface area contributed by atoms with Gasteiger partial charge in [0.25, 0.3) is 5.91 Å². The summed E-state index contributed by atoms with van der Waals surface area (Å²) < 4.78 is 10.7. The first-order valence-electron chi connectivity index (χ1n) is 10.6. The summed E-state index contributed by atoms with van der Waals surface area (Å²) in [4.78, 5) is 22.0. The van der Waals surface area contributed by atoms with Crippen molar-refractivity contribution in [3.05, 3.63) is 64.7 Å². The van der Waals surface area contributed by atoms with Gasteiger partial charge < -0.3 is 14.4 Å². The largest absolute Gasteiger partial charge is 0.454 e. The van der Waals surface area contributed by atoms with E-state index >= 15 is 0 Å². The van der Waals surface area contributed by atoms with Crippen LogP contribution in [0.3, 0.4) is 0 Å². The highest BCUT2D eigenvalue weighted by Crippen LogP contribution is 2.33. The smallest absolute Gasteiger partial charge is 0.254 e. The van der Waals surface area contributed by atoms with E-state index in [4.69, 9.17) is 14.5 Å². The van der Waals surface area contributed by atoms with E-state index in [0.717, 1.165) is 36.8 Å². The van der Waals surface area contributed by atoms with Gasteiger partial charge >= 0.3 is 0 Å². The van der Waals surface area contributed by atoms with Crippen molar-refractivity contribution in [1.29, 1.82) is 0 Å². The number of thiazole rings is 1.